The van der Waals surface area contributed by atoms with E-state index in [2.05, 4.69) is 46.4 Å². The van der Waals surface area contributed by atoms with Crippen molar-refractivity contribution in [2.75, 3.05) is 59.4 Å². The van der Waals surface area contributed by atoms with E-state index in [1.165, 1.54) is 0 Å². The number of likely N-dealkylation sites (tertiary alicyclic amines) is 1. The third-order valence-corrected chi connectivity index (χ3v) is 8.43. The van der Waals surface area contributed by atoms with Crippen molar-refractivity contribution in [2.24, 2.45) is 5.92 Å². The number of hydrogen-bond acceptors (Lipinski definition) is 6. The number of benzene rings is 1. The Hall–Kier alpha value is -1.71. The molecule has 2 atom stereocenters. The lowest BCUT2D eigenvalue weighted by atomic mass is 9.99. The molecule has 0 unspecified atom stereocenters. The summed E-state index contributed by atoms with van der Waals surface area (Å²) in [5.74, 6) is 0.563. The standard InChI is InChI=1S/C29H47ClN6O2/c1-22(2)21-36(35-17-15-33(3)16-18-35)26-10-13-34(14-11-26)29(38)27(19-23-6-8-24(30)9-7-23)32-28(37)20-25-5-4-12-31-25/h6-9,22,25-27,31H,4-5,10-21H2,1-3H3,(H,32,37)/t25-,27+/m0/s1. The number of hydrogen-bond donors (Lipinski definition) is 2. The zero-order chi connectivity index (χ0) is 27.1. The number of amides is 2. The van der Waals surface area contributed by atoms with Crippen LogP contribution in [0.4, 0.5) is 0 Å². The summed E-state index contributed by atoms with van der Waals surface area (Å²) < 4.78 is 0. The molecule has 3 fully saturated rings. The predicted octanol–water partition coefficient (Wildman–Crippen LogP) is 2.62. The van der Waals surface area contributed by atoms with E-state index < -0.39 is 6.04 Å². The molecule has 8 nitrogen and oxygen atoms in total. The second-order valence-corrected chi connectivity index (χ2v) is 12.2. The summed E-state index contributed by atoms with van der Waals surface area (Å²) in [6, 6.07) is 7.66. The van der Waals surface area contributed by atoms with Crippen LogP contribution in [0.2, 0.25) is 5.02 Å². The zero-order valence-corrected chi connectivity index (χ0v) is 24.3. The lowest BCUT2D eigenvalue weighted by Gasteiger charge is -2.47. The minimum atomic E-state index is -0.564. The Labute approximate surface area is 234 Å². The highest BCUT2D eigenvalue weighted by Gasteiger charge is 2.34. The van der Waals surface area contributed by atoms with Gasteiger partial charge in [-0.2, -0.15) is 0 Å². The van der Waals surface area contributed by atoms with Crippen molar-refractivity contribution in [3.05, 3.63) is 34.9 Å². The average Bonchev–Trinajstić information content (AvgIpc) is 3.41. The van der Waals surface area contributed by atoms with Crippen LogP contribution in [0.25, 0.3) is 0 Å². The van der Waals surface area contributed by atoms with E-state index in [9.17, 15) is 9.59 Å². The molecule has 3 aliphatic heterocycles. The first-order valence-electron chi connectivity index (χ1n) is 14.5. The number of piperidine rings is 1. The first kappa shape index (κ1) is 29.3. The first-order chi connectivity index (χ1) is 18.3. The quantitative estimate of drug-likeness (QED) is 0.470. The monoisotopic (exact) mass is 546 g/mol. The number of nitrogens with zero attached hydrogens (tertiary/aromatic N) is 4. The number of likely N-dealkylation sites (N-methyl/N-ethyl adjacent to an activating group) is 1. The molecule has 2 amide bonds. The van der Waals surface area contributed by atoms with Gasteiger partial charge in [0.25, 0.3) is 0 Å². The normalized spacial score (nSPS) is 22.8. The Kier molecular flexibility index (Phi) is 10.8. The van der Waals surface area contributed by atoms with Gasteiger partial charge in [0, 0.05) is 75.8 Å². The molecular weight excluding hydrogens is 500 g/mol. The van der Waals surface area contributed by atoms with Crippen LogP contribution in [-0.4, -0.2) is 109 Å². The highest BCUT2D eigenvalue weighted by Crippen LogP contribution is 2.22. The van der Waals surface area contributed by atoms with Gasteiger partial charge in [-0.25, -0.2) is 10.0 Å². The van der Waals surface area contributed by atoms with Gasteiger partial charge in [-0.1, -0.05) is 37.6 Å². The van der Waals surface area contributed by atoms with Gasteiger partial charge >= 0.3 is 0 Å². The molecule has 0 aliphatic carbocycles. The van der Waals surface area contributed by atoms with Crippen molar-refractivity contribution >= 4 is 23.4 Å². The van der Waals surface area contributed by atoms with Crippen molar-refractivity contribution < 1.29 is 9.59 Å². The van der Waals surface area contributed by atoms with Crippen LogP contribution in [0.15, 0.2) is 24.3 Å². The smallest absolute Gasteiger partial charge is 0.245 e. The van der Waals surface area contributed by atoms with E-state index in [1.54, 1.807) is 0 Å². The summed E-state index contributed by atoms with van der Waals surface area (Å²) in [5, 5.41) is 12.3. The number of hydrazine groups is 1. The summed E-state index contributed by atoms with van der Waals surface area (Å²) in [5.41, 5.74) is 1.00. The molecule has 38 heavy (non-hydrogen) atoms. The topological polar surface area (TPSA) is 71.2 Å². The van der Waals surface area contributed by atoms with E-state index in [1.807, 2.05) is 29.2 Å². The Balaban J connectivity index is 1.38. The fraction of sp³-hybridized carbons (Fsp3) is 0.724. The molecular formula is C29H47ClN6O2. The molecule has 212 valence electrons. The molecule has 0 aromatic heterocycles. The van der Waals surface area contributed by atoms with Crippen LogP contribution in [0.3, 0.4) is 0 Å². The van der Waals surface area contributed by atoms with Gasteiger partial charge in [0.15, 0.2) is 0 Å². The first-order valence-corrected chi connectivity index (χ1v) is 14.9. The van der Waals surface area contributed by atoms with Crippen LogP contribution in [-0.2, 0) is 16.0 Å². The summed E-state index contributed by atoms with van der Waals surface area (Å²) >= 11 is 6.08. The Morgan fingerprint density at radius 1 is 1.05 bits per heavy atom. The van der Waals surface area contributed by atoms with Crippen LogP contribution in [0.5, 0.6) is 0 Å². The van der Waals surface area contributed by atoms with Crippen molar-refractivity contribution in [3.63, 3.8) is 0 Å². The summed E-state index contributed by atoms with van der Waals surface area (Å²) in [6.45, 7) is 12.3. The average molecular weight is 547 g/mol. The Bertz CT molecular complexity index is 891. The number of carbonyl (C=O) groups excluding carboxylic acids is 2. The Morgan fingerprint density at radius 3 is 2.34 bits per heavy atom. The van der Waals surface area contributed by atoms with Gasteiger partial charge in [-0.3, -0.25) is 9.59 Å². The molecule has 3 aliphatic rings. The molecule has 4 rings (SSSR count). The van der Waals surface area contributed by atoms with E-state index in [0.29, 0.717) is 29.8 Å². The second kappa shape index (κ2) is 14.1. The maximum atomic E-state index is 13.8. The summed E-state index contributed by atoms with van der Waals surface area (Å²) in [4.78, 5) is 31.1. The SMILES string of the molecule is CC(C)CN(C1CCN(C(=O)[C@@H](Cc2ccc(Cl)cc2)NC(=O)C[C@@H]2CCCN2)CC1)N1CCN(C)CC1. The van der Waals surface area contributed by atoms with E-state index in [-0.39, 0.29) is 17.9 Å². The van der Waals surface area contributed by atoms with Crippen LogP contribution >= 0.6 is 11.6 Å². The number of rotatable bonds is 10. The largest absolute Gasteiger partial charge is 0.344 e. The number of carbonyl (C=O) groups is 2. The number of halogens is 1. The molecule has 3 heterocycles. The van der Waals surface area contributed by atoms with Crippen LogP contribution in [0, 0.1) is 5.92 Å². The lowest BCUT2D eigenvalue weighted by molar-refractivity contribution is -0.141. The van der Waals surface area contributed by atoms with Crippen molar-refractivity contribution in [2.45, 2.75) is 70.5 Å². The summed E-state index contributed by atoms with van der Waals surface area (Å²) in [6.07, 6.45) is 4.91. The van der Waals surface area contributed by atoms with Gasteiger partial charge in [0.1, 0.15) is 6.04 Å². The molecule has 0 bridgehead atoms. The predicted molar refractivity (Wildman–Crippen MR) is 153 cm³/mol. The number of piperazine rings is 1. The maximum absolute atomic E-state index is 13.8. The van der Waals surface area contributed by atoms with E-state index >= 15 is 0 Å². The highest BCUT2D eigenvalue weighted by molar-refractivity contribution is 6.30. The van der Waals surface area contributed by atoms with Crippen molar-refractivity contribution in [3.8, 4) is 0 Å². The Morgan fingerprint density at radius 2 is 1.74 bits per heavy atom. The molecule has 1 aromatic carbocycles. The molecule has 3 saturated heterocycles. The van der Waals surface area contributed by atoms with Crippen LogP contribution in [0.1, 0.15) is 51.5 Å². The lowest BCUT2D eigenvalue weighted by Crippen LogP contribution is -2.60. The third kappa shape index (κ3) is 8.39. The van der Waals surface area contributed by atoms with E-state index in [0.717, 1.165) is 83.6 Å². The highest BCUT2D eigenvalue weighted by atomic mass is 35.5. The fourth-order valence-electron chi connectivity index (χ4n) is 5.99. The molecule has 9 heteroatoms. The van der Waals surface area contributed by atoms with Gasteiger partial charge in [-0.05, 0) is 62.9 Å². The maximum Gasteiger partial charge on any atom is 0.245 e. The molecule has 1 aromatic rings. The van der Waals surface area contributed by atoms with Gasteiger partial charge < -0.3 is 20.4 Å². The molecule has 0 spiro atoms. The fourth-order valence-corrected chi connectivity index (χ4v) is 6.12. The van der Waals surface area contributed by atoms with Gasteiger partial charge in [-0.15, -0.1) is 0 Å². The number of nitrogens with one attached hydrogen (secondary N) is 2. The second-order valence-electron chi connectivity index (χ2n) is 11.8. The minimum Gasteiger partial charge on any atom is -0.344 e. The van der Waals surface area contributed by atoms with Crippen LogP contribution < -0.4 is 10.6 Å². The van der Waals surface area contributed by atoms with Crippen molar-refractivity contribution in [1.82, 2.24) is 30.5 Å². The molecule has 2 N–H and O–H groups in total. The summed E-state index contributed by atoms with van der Waals surface area (Å²) in [7, 11) is 2.19. The van der Waals surface area contributed by atoms with E-state index in [4.69, 9.17) is 11.6 Å². The minimum absolute atomic E-state index is 0.0288. The zero-order valence-electron chi connectivity index (χ0n) is 23.5. The third-order valence-electron chi connectivity index (χ3n) is 8.17. The van der Waals surface area contributed by atoms with Gasteiger partial charge in [0.05, 0.1) is 0 Å². The molecule has 0 radical (unpaired) electrons. The van der Waals surface area contributed by atoms with Gasteiger partial charge in [0.2, 0.25) is 11.8 Å². The molecule has 0 saturated carbocycles. The van der Waals surface area contributed by atoms with Crippen molar-refractivity contribution in [1.29, 1.82) is 0 Å².